The first-order chi connectivity index (χ1) is 17.8. The summed E-state index contributed by atoms with van der Waals surface area (Å²) in [6.45, 7) is 23.9. The number of halogens is 2. The third kappa shape index (κ3) is 5.86. The second-order valence-corrected chi connectivity index (χ2v) is 19.8. The standard InChI is InChI=1S/C21H25.C8H11.C8H8.2ClH.Zr/c1-20(2,3)16-7-9-18-14(12-16)11-15-13-17(21(4,5)6)8-10-19(15)18;1-6-4-7(2)8(3)5-6;1-2-8-6-4-3-5-7-8;;;/h7-10,12H,11H2,1-6H3;4,6H,1-3H3;3-7H,1H3;2*1H;/q;;;;;+2/p-2. The van der Waals surface area contributed by atoms with E-state index in [1.807, 2.05) is 0 Å². The van der Waals surface area contributed by atoms with Crippen LogP contribution in [0.15, 0.2) is 81.2 Å². The van der Waals surface area contributed by atoms with Gasteiger partial charge in [-0.05, 0) is 0 Å². The van der Waals surface area contributed by atoms with Gasteiger partial charge in [-0.3, -0.25) is 0 Å². The Morgan fingerprint density at radius 1 is 0.800 bits per heavy atom. The van der Waals surface area contributed by atoms with E-state index in [1.54, 1.807) is 26.5 Å². The van der Waals surface area contributed by atoms with Crippen LogP contribution in [0.4, 0.5) is 0 Å². The van der Waals surface area contributed by atoms with Crippen molar-refractivity contribution in [1.82, 2.24) is 0 Å². The van der Waals surface area contributed by atoms with Crippen molar-refractivity contribution in [3.05, 3.63) is 109 Å². The van der Waals surface area contributed by atoms with Crippen molar-refractivity contribution in [3.63, 3.8) is 0 Å². The molecule has 0 aliphatic heterocycles. The number of hydrogen-bond donors (Lipinski definition) is 0. The Morgan fingerprint density at radius 2 is 1.43 bits per heavy atom. The summed E-state index contributed by atoms with van der Waals surface area (Å²) in [5.74, 6) is 0.517. The van der Waals surface area contributed by atoms with E-state index in [0.29, 0.717) is 5.92 Å². The normalized spacial score (nSPS) is 16.5. The Kier molecular flexibility index (Phi) is 9.89. The fraction of sp³-hybridized carbons (Fsp3) is 0.378. The number of benzene rings is 3. The first-order valence-electron chi connectivity index (χ1n) is 14.3. The van der Waals surface area contributed by atoms with Crippen molar-refractivity contribution in [1.29, 1.82) is 0 Å². The largest absolute Gasteiger partial charge is 1.00 e. The molecular weight excluding hydrogens is 607 g/mol. The molecule has 5 rings (SSSR count). The Balaban J connectivity index is 0.00000220. The summed E-state index contributed by atoms with van der Waals surface area (Å²) < 4.78 is 5.18. The molecule has 3 heteroatoms. The zero-order chi connectivity index (χ0) is 27.6. The Hall–Kier alpha value is -1.53. The number of hydrogen-bond acceptors (Lipinski definition) is 0. The molecule has 0 spiro atoms. The van der Waals surface area contributed by atoms with Gasteiger partial charge in [0.1, 0.15) is 0 Å². The summed E-state index contributed by atoms with van der Waals surface area (Å²) in [5.41, 5.74) is 13.8. The van der Waals surface area contributed by atoms with Gasteiger partial charge >= 0.3 is 240 Å². The molecule has 0 amide bonds. The molecule has 0 fully saturated rings. The van der Waals surface area contributed by atoms with Gasteiger partial charge in [-0.25, -0.2) is 0 Å². The Bertz CT molecular complexity index is 1520. The van der Waals surface area contributed by atoms with E-state index in [1.165, 1.54) is 33.4 Å². The minimum Gasteiger partial charge on any atom is -1.00 e. The molecule has 0 saturated carbocycles. The zero-order valence-corrected chi connectivity index (χ0v) is 29.9. The number of allylic oxidation sites excluding steroid dienone is 4. The summed E-state index contributed by atoms with van der Waals surface area (Å²) >= 11 is -2.56. The van der Waals surface area contributed by atoms with Crippen LogP contribution in [0.5, 0.6) is 0 Å². The van der Waals surface area contributed by atoms with Crippen molar-refractivity contribution in [2.75, 3.05) is 0 Å². The van der Waals surface area contributed by atoms with Gasteiger partial charge in [0, 0.05) is 0 Å². The van der Waals surface area contributed by atoms with Gasteiger partial charge in [-0.2, -0.15) is 0 Å². The average Bonchev–Trinajstić information content (AvgIpc) is 3.34. The van der Waals surface area contributed by atoms with Crippen LogP contribution >= 0.6 is 0 Å². The summed E-state index contributed by atoms with van der Waals surface area (Å²) in [5, 5.41) is 0. The van der Waals surface area contributed by atoms with Crippen LogP contribution in [0, 0.1) is 5.92 Å². The number of fused-ring (bicyclic) bond motifs is 3. The number of rotatable bonds is 3. The Morgan fingerprint density at radius 3 is 1.98 bits per heavy atom. The fourth-order valence-electron chi connectivity index (χ4n) is 6.56. The van der Waals surface area contributed by atoms with Gasteiger partial charge in [0.25, 0.3) is 0 Å². The summed E-state index contributed by atoms with van der Waals surface area (Å²) in [4.78, 5) is 0. The van der Waals surface area contributed by atoms with Crippen molar-refractivity contribution >= 4 is 6.48 Å². The topological polar surface area (TPSA) is 0 Å². The fourth-order valence-corrected chi connectivity index (χ4v) is 16.1. The molecule has 0 N–H and O–H groups in total. The smallest absolute Gasteiger partial charge is 1.00 e. The second-order valence-electron chi connectivity index (χ2n) is 13.6. The maximum Gasteiger partial charge on any atom is -1.00 e. The van der Waals surface area contributed by atoms with E-state index >= 15 is 0 Å². The summed E-state index contributed by atoms with van der Waals surface area (Å²) in [6, 6.07) is 23.5. The van der Waals surface area contributed by atoms with Crippen molar-refractivity contribution in [2.24, 2.45) is 5.92 Å². The molecule has 0 bridgehead atoms. The van der Waals surface area contributed by atoms with Gasteiger partial charge in [-0.15, -0.1) is 0 Å². The predicted octanol–water partition coefficient (Wildman–Crippen LogP) is 3.21. The van der Waals surface area contributed by atoms with Crippen LogP contribution in [0.25, 0.3) is 11.1 Å². The molecule has 1 unspecified atom stereocenters. The van der Waals surface area contributed by atoms with Crippen LogP contribution in [-0.2, 0) is 38.5 Å². The monoisotopic (exact) mass is 648 g/mol. The third-order valence-corrected chi connectivity index (χ3v) is 17.4. The molecule has 2 aliphatic rings. The summed E-state index contributed by atoms with van der Waals surface area (Å²) in [6.07, 6.45) is 3.58. The second kappa shape index (κ2) is 12.0. The molecule has 0 saturated heterocycles. The van der Waals surface area contributed by atoms with E-state index in [-0.39, 0.29) is 35.6 Å². The zero-order valence-electron chi connectivity index (χ0n) is 25.9. The van der Waals surface area contributed by atoms with E-state index < -0.39 is 21.3 Å². The first-order valence-corrected chi connectivity index (χ1v) is 17.9. The van der Waals surface area contributed by atoms with Gasteiger partial charge in [-0.1, -0.05) is 0 Å². The minimum absolute atomic E-state index is 0. The summed E-state index contributed by atoms with van der Waals surface area (Å²) in [7, 11) is 0. The van der Waals surface area contributed by atoms with E-state index in [4.69, 9.17) is 0 Å². The van der Waals surface area contributed by atoms with Crippen LogP contribution in [0.3, 0.4) is 0 Å². The van der Waals surface area contributed by atoms with Crippen LogP contribution in [0.2, 0.25) is 0 Å². The average molecular weight is 651 g/mol. The molecule has 3 aromatic rings. The molecule has 0 nitrogen and oxygen atoms in total. The first kappa shape index (κ1) is 33.0. The van der Waals surface area contributed by atoms with E-state index in [9.17, 15) is 0 Å². The van der Waals surface area contributed by atoms with Crippen LogP contribution < -0.4 is 28.1 Å². The maximum atomic E-state index is 2.52. The van der Waals surface area contributed by atoms with Gasteiger partial charge < -0.3 is 24.8 Å². The third-order valence-electron chi connectivity index (χ3n) is 8.80. The molecule has 1 atom stereocenters. The van der Waals surface area contributed by atoms with Crippen molar-refractivity contribution in [2.45, 2.75) is 86.5 Å². The van der Waals surface area contributed by atoms with Crippen molar-refractivity contribution in [3.8, 4) is 11.1 Å². The van der Waals surface area contributed by atoms with Crippen LogP contribution in [0.1, 0.15) is 97.1 Å². The molecule has 210 valence electrons. The van der Waals surface area contributed by atoms with Gasteiger partial charge in [0.15, 0.2) is 0 Å². The quantitative estimate of drug-likeness (QED) is 0.320. The molecule has 3 aromatic carbocycles. The van der Waals surface area contributed by atoms with Gasteiger partial charge in [0.2, 0.25) is 0 Å². The molecular formula is C37H44Cl2Zr. The Labute approximate surface area is 263 Å². The van der Waals surface area contributed by atoms with Gasteiger partial charge in [0.05, 0.1) is 0 Å². The molecule has 0 aromatic heterocycles. The minimum atomic E-state index is -2.56. The molecule has 0 radical (unpaired) electrons. The molecule has 40 heavy (non-hydrogen) atoms. The SMILES string of the molecule is CC1=CC(C)[C](/[Zr+2](=[C](\C)c2ccccc2)[c]2c(C(C)(C)C)ccc3c2Cc2cc(C(C)(C)C)ccc2-3)=C1C.[Cl-].[Cl-]. The van der Waals surface area contributed by atoms with E-state index in [0.717, 1.165) is 6.42 Å². The van der Waals surface area contributed by atoms with Crippen LogP contribution in [-0.4, -0.2) is 3.21 Å². The molecule has 2 aliphatic carbocycles. The maximum absolute atomic E-state index is 2.56. The van der Waals surface area contributed by atoms with Crippen molar-refractivity contribution < 1.29 is 46.1 Å². The molecule has 0 heterocycles. The predicted molar refractivity (Wildman–Crippen MR) is 164 cm³/mol. The van der Waals surface area contributed by atoms with E-state index in [2.05, 4.69) is 136 Å².